The summed E-state index contributed by atoms with van der Waals surface area (Å²) in [5.41, 5.74) is 1.78. The molecule has 1 amide bonds. The smallest absolute Gasteiger partial charge is 0.414 e. The van der Waals surface area contributed by atoms with Gasteiger partial charge in [0.25, 0.3) is 11.7 Å². The highest BCUT2D eigenvalue weighted by atomic mass is 19.1. The second-order valence-electron chi connectivity index (χ2n) is 9.02. The number of ether oxygens (including phenoxy) is 2. The quantitative estimate of drug-likeness (QED) is 0.262. The molecule has 2 aromatic rings. The number of aryl methyl sites for hydroxylation is 1. The van der Waals surface area contributed by atoms with Crippen LogP contribution in [0.1, 0.15) is 29.7 Å². The molecule has 0 aromatic heterocycles. The van der Waals surface area contributed by atoms with E-state index in [1.807, 2.05) is 13.8 Å². The topological polar surface area (TPSA) is 154 Å². The van der Waals surface area contributed by atoms with Crippen LogP contribution in [-0.4, -0.2) is 94.7 Å². The van der Waals surface area contributed by atoms with Gasteiger partial charge in [0.1, 0.15) is 17.3 Å². The first-order valence-corrected chi connectivity index (χ1v) is 12.6. The lowest BCUT2D eigenvalue weighted by Crippen LogP contribution is -2.42. The Balaban J connectivity index is 0.000000663. The van der Waals surface area contributed by atoms with Crippen LogP contribution in [0.25, 0.3) is 5.76 Å². The molecule has 2 aliphatic rings. The van der Waals surface area contributed by atoms with Gasteiger partial charge in [-0.15, -0.1) is 0 Å². The van der Waals surface area contributed by atoms with Crippen LogP contribution in [0.5, 0.6) is 5.75 Å². The number of amides is 1. The summed E-state index contributed by atoms with van der Waals surface area (Å²) in [7, 11) is 0. The minimum atomic E-state index is -1.82. The Morgan fingerprint density at radius 3 is 2.17 bits per heavy atom. The molecule has 3 N–H and O–H groups in total. The Morgan fingerprint density at radius 2 is 1.62 bits per heavy atom. The maximum Gasteiger partial charge on any atom is 0.414 e. The Labute approximate surface area is 230 Å². The maximum atomic E-state index is 13.6. The molecule has 4 rings (SSSR count). The molecule has 0 spiro atoms. The minimum absolute atomic E-state index is 0.00199. The number of likely N-dealkylation sites (tertiary alicyclic amines) is 1. The number of nitrogens with zero attached hydrogens (tertiary/aromatic N) is 2. The largest absolute Gasteiger partial charge is 0.507 e. The van der Waals surface area contributed by atoms with Crippen LogP contribution in [0, 0.1) is 12.7 Å². The zero-order chi connectivity index (χ0) is 29.4. The van der Waals surface area contributed by atoms with Crippen LogP contribution in [0.4, 0.5) is 4.39 Å². The first-order chi connectivity index (χ1) is 19.0. The molecule has 40 heavy (non-hydrogen) atoms. The van der Waals surface area contributed by atoms with E-state index in [0.29, 0.717) is 49.8 Å². The van der Waals surface area contributed by atoms with Gasteiger partial charge in [-0.1, -0.05) is 12.1 Å². The molecule has 2 heterocycles. The van der Waals surface area contributed by atoms with Gasteiger partial charge in [-0.05, 0) is 55.3 Å². The fourth-order valence-electron chi connectivity index (χ4n) is 4.45. The summed E-state index contributed by atoms with van der Waals surface area (Å²) in [4.78, 5) is 48.1. The van der Waals surface area contributed by atoms with Crippen LogP contribution < -0.4 is 4.74 Å². The van der Waals surface area contributed by atoms with E-state index in [9.17, 15) is 19.1 Å². The number of carboxylic acids is 2. The van der Waals surface area contributed by atoms with E-state index < -0.39 is 35.5 Å². The van der Waals surface area contributed by atoms with Crippen LogP contribution in [0.3, 0.4) is 0 Å². The molecule has 2 aromatic carbocycles. The molecule has 12 heteroatoms. The summed E-state index contributed by atoms with van der Waals surface area (Å²) in [6, 6.07) is 9.98. The lowest BCUT2D eigenvalue weighted by molar-refractivity contribution is -0.159. The van der Waals surface area contributed by atoms with E-state index in [0.717, 1.165) is 18.7 Å². The number of carbonyl (C=O) groups is 4. The molecule has 11 nitrogen and oxygen atoms in total. The normalized spacial score (nSPS) is 18.7. The number of ketones is 1. The van der Waals surface area contributed by atoms with Crippen molar-refractivity contribution in [3.05, 3.63) is 70.5 Å². The van der Waals surface area contributed by atoms with Crippen molar-refractivity contribution in [2.45, 2.75) is 19.9 Å². The van der Waals surface area contributed by atoms with Gasteiger partial charge in [-0.3, -0.25) is 14.5 Å². The van der Waals surface area contributed by atoms with Crippen molar-refractivity contribution in [2.75, 3.05) is 46.0 Å². The average Bonchev–Trinajstić information content (AvgIpc) is 3.19. The molecule has 2 aliphatic heterocycles. The van der Waals surface area contributed by atoms with Crippen LogP contribution >= 0.6 is 0 Å². The number of rotatable bonds is 7. The van der Waals surface area contributed by atoms with Gasteiger partial charge in [0.2, 0.25) is 0 Å². The van der Waals surface area contributed by atoms with E-state index in [-0.39, 0.29) is 11.3 Å². The summed E-state index contributed by atoms with van der Waals surface area (Å²) >= 11 is 0. The lowest BCUT2D eigenvalue weighted by atomic mass is 9.94. The number of morpholine rings is 1. The van der Waals surface area contributed by atoms with Gasteiger partial charge in [-0.2, -0.15) is 0 Å². The maximum absolute atomic E-state index is 13.6. The van der Waals surface area contributed by atoms with Gasteiger partial charge < -0.3 is 29.7 Å². The first-order valence-electron chi connectivity index (χ1n) is 12.6. The molecule has 0 saturated carbocycles. The summed E-state index contributed by atoms with van der Waals surface area (Å²) in [5.74, 6) is -5.07. The van der Waals surface area contributed by atoms with Crippen LogP contribution in [0.2, 0.25) is 0 Å². The summed E-state index contributed by atoms with van der Waals surface area (Å²) in [6.45, 7) is 7.84. The highest BCUT2D eigenvalue weighted by molar-refractivity contribution is 6.46. The second-order valence-corrected chi connectivity index (χ2v) is 9.02. The number of carboxylic acid groups (broad SMARTS) is 2. The molecule has 1 unspecified atom stereocenters. The molecule has 0 bridgehead atoms. The molecule has 2 fully saturated rings. The highest BCUT2D eigenvalue weighted by Gasteiger charge is 2.46. The highest BCUT2D eigenvalue weighted by Crippen LogP contribution is 2.39. The fraction of sp³-hybridized carbons (Fsp3) is 0.357. The van der Waals surface area contributed by atoms with Crippen molar-refractivity contribution >= 4 is 29.4 Å². The third kappa shape index (κ3) is 7.21. The number of aliphatic carboxylic acids is 2. The molecule has 0 radical (unpaired) electrons. The van der Waals surface area contributed by atoms with Gasteiger partial charge in [0.05, 0.1) is 31.4 Å². The predicted molar refractivity (Wildman–Crippen MR) is 140 cm³/mol. The number of benzene rings is 2. The van der Waals surface area contributed by atoms with Gasteiger partial charge in [0, 0.05) is 31.7 Å². The summed E-state index contributed by atoms with van der Waals surface area (Å²) < 4.78 is 24.6. The summed E-state index contributed by atoms with van der Waals surface area (Å²) in [6.07, 6.45) is 0. The first kappa shape index (κ1) is 30.3. The standard InChI is InChI=1S/C26H29FN2O5.C2H2O4/c1-3-34-21-9-6-19(16-17(21)2)24(30)22-23(18-4-7-20(27)8-5-18)29(26(32)25(22)31)11-10-28-12-14-33-15-13-28;3-1(4)2(5)6/h4-9,16,23,30H,3,10-15H2,1-2H3;(H,3,4)(H,5,6)/b24-22+;. The minimum Gasteiger partial charge on any atom is -0.507 e. The predicted octanol–water partition coefficient (Wildman–Crippen LogP) is 2.44. The fourth-order valence-corrected chi connectivity index (χ4v) is 4.45. The number of Topliss-reactive ketones (excluding diaryl/α,β-unsaturated/α-hetero) is 1. The molecular formula is C28H31FN2O9. The number of halogens is 1. The Morgan fingerprint density at radius 1 is 1.00 bits per heavy atom. The third-order valence-electron chi connectivity index (χ3n) is 6.42. The average molecular weight is 559 g/mol. The number of hydrogen-bond donors (Lipinski definition) is 3. The monoisotopic (exact) mass is 558 g/mol. The lowest BCUT2D eigenvalue weighted by Gasteiger charge is -2.31. The van der Waals surface area contributed by atoms with Crippen molar-refractivity contribution in [1.29, 1.82) is 0 Å². The van der Waals surface area contributed by atoms with Crippen LogP contribution in [-0.2, 0) is 23.9 Å². The molecule has 0 aliphatic carbocycles. The van der Waals surface area contributed by atoms with Crippen LogP contribution in [0.15, 0.2) is 48.0 Å². The number of aliphatic hydroxyl groups excluding tert-OH is 1. The van der Waals surface area contributed by atoms with Gasteiger partial charge >= 0.3 is 11.9 Å². The van der Waals surface area contributed by atoms with Gasteiger partial charge in [-0.25, -0.2) is 14.0 Å². The van der Waals surface area contributed by atoms with E-state index in [4.69, 9.17) is 29.3 Å². The Hall–Kier alpha value is -4.29. The zero-order valence-corrected chi connectivity index (χ0v) is 22.1. The van der Waals surface area contributed by atoms with Crippen molar-refractivity contribution in [1.82, 2.24) is 9.80 Å². The Bertz CT molecular complexity index is 1280. The SMILES string of the molecule is CCOc1ccc(/C(O)=C2\C(=O)C(=O)N(CCN3CCOCC3)C2c2ccc(F)cc2)cc1C.O=C(O)C(=O)O. The van der Waals surface area contributed by atoms with Crippen molar-refractivity contribution in [2.24, 2.45) is 0 Å². The molecular weight excluding hydrogens is 527 g/mol. The number of hydrogen-bond acceptors (Lipinski definition) is 8. The van der Waals surface area contributed by atoms with E-state index in [1.165, 1.54) is 17.0 Å². The summed E-state index contributed by atoms with van der Waals surface area (Å²) in [5, 5.41) is 26.0. The molecule has 1 atom stereocenters. The zero-order valence-electron chi connectivity index (χ0n) is 22.1. The van der Waals surface area contributed by atoms with Gasteiger partial charge in [0.15, 0.2) is 0 Å². The van der Waals surface area contributed by atoms with Crippen molar-refractivity contribution in [3.8, 4) is 5.75 Å². The number of carbonyl (C=O) groups excluding carboxylic acids is 2. The third-order valence-corrected chi connectivity index (χ3v) is 6.42. The van der Waals surface area contributed by atoms with E-state index >= 15 is 0 Å². The van der Waals surface area contributed by atoms with Crippen molar-refractivity contribution < 1.29 is 48.4 Å². The molecule has 214 valence electrons. The number of aliphatic hydroxyl groups is 1. The van der Waals surface area contributed by atoms with E-state index in [2.05, 4.69) is 4.90 Å². The van der Waals surface area contributed by atoms with E-state index in [1.54, 1.807) is 30.3 Å². The molecule has 2 saturated heterocycles. The second kappa shape index (κ2) is 13.7. The van der Waals surface area contributed by atoms with Crippen molar-refractivity contribution in [3.63, 3.8) is 0 Å². The Kier molecular flexibility index (Phi) is 10.3.